The second-order valence-electron chi connectivity index (χ2n) is 7.92. The number of ether oxygens (including phenoxy) is 2. The number of aliphatic hydroxyl groups is 1. The van der Waals surface area contributed by atoms with Crippen LogP contribution < -0.4 is 5.73 Å². The quantitative estimate of drug-likeness (QED) is 0.819. The maximum absolute atomic E-state index is 10.5. The lowest BCUT2D eigenvalue weighted by molar-refractivity contribution is -0.158. The number of rotatable bonds is 5. The van der Waals surface area contributed by atoms with Gasteiger partial charge in [0.15, 0.2) is 5.79 Å². The van der Waals surface area contributed by atoms with E-state index in [1.807, 2.05) is 27.7 Å². The van der Waals surface area contributed by atoms with Crippen molar-refractivity contribution in [1.29, 1.82) is 0 Å². The summed E-state index contributed by atoms with van der Waals surface area (Å²) >= 11 is 0. The summed E-state index contributed by atoms with van der Waals surface area (Å²) in [6, 6.07) is -0.156. The SMILES string of the molecule is CC1(C)O[C@@H](CC(O)C(N)CC2CCCCC2)C(C)(C)O1. The summed E-state index contributed by atoms with van der Waals surface area (Å²) in [6.07, 6.45) is 7.36. The molecule has 2 fully saturated rings. The molecule has 4 heteroatoms. The molecular weight excluding hydrogens is 266 g/mol. The molecule has 0 aromatic carbocycles. The fourth-order valence-corrected chi connectivity index (χ4v) is 3.90. The third-order valence-corrected chi connectivity index (χ3v) is 4.99. The van der Waals surface area contributed by atoms with Crippen LogP contribution in [0.5, 0.6) is 0 Å². The van der Waals surface area contributed by atoms with Crippen molar-refractivity contribution < 1.29 is 14.6 Å². The van der Waals surface area contributed by atoms with E-state index in [0.717, 1.165) is 6.42 Å². The van der Waals surface area contributed by atoms with E-state index in [9.17, 15) is 5.11 Å². The molecule has 1 aliphatic carbocycles. The van der Waals surface area contributed by atoms with Gasteiger partial charge < -0.3 is 20.3 Å². The molecule has 0 aromatic rings. The Morgan fingerprint density at radius 3 is 2.24 bits per heavy atom. The van der Waals surface area contributed by atoms with E-state index in [-0.39, 0.29) is 17.7 Å². The molecule has 2 rings (SSSR count). The van der Waals surface area contributed by atoms with Gasteiger partial charge in [-0.05, 0) is 40.0 Å². The first-order valence-corrected chi connectivity index (χ1v) is 8.51. The summed E-state index contributed by atoms with van der Waals surface area (Å²) in [5, 5.41) is 10.5. The third kappa shape index (κ3) is 4.65. The number of hydrogen-bond acceptors (Lipinski definition) is 4. The first-order chi connectivity index (χ1) is 9.70. The highest BCUT2D eigenvalue weighted by atomic mass is 16.8. The number of hydrogen-bond donors (Lipinski definition) is 2. The monoisotopic (exact) mass is 299 g/mol. The molecule has 0 radical (unpaired) electrons. The van der Waals surface area contributed by atoms with E-state index in [0.29, 0.717) is 12.3 Å². The second-order valence-corrected chi connectivity index (χ2v) is 7.92. The van der Waals surface area contributed by atoms with Crippen molar-refractivity contribution in [2.45, 2.75) is 102 Å². The maximum atomic E-state index is 10.5. The molecule has 4 nitrogen and oxygen atoms in total. The van der Waals surface area contributed by atoms with Crippen LogP contribution in [0.4, 0.5) is 0 Å². The van der Waals surface area contributed by atoms with E-state index >= 15 is 0 Å². The molecule has 2 unspecified atom stereocenters. The van der Waals surface area contributed by atoms with E-state index in [2.05, 4.69) is 0 Å². The molecule has 2 aliphatic rings. The van der Waals surface area contributed by atoms with Gasteiger partial charge in [0.1, 0.15) is 0 Å². The first kappa shape index (κ1) is 17.2. The molecular formula is C17H33NO3. The van der Waals surface area contributed by atoms with Crippen LogP contribution in [-0.2, 0) is 9.47 Å². The fraction of sp³-hybridized carbons (Fsp3) is 1.00. The Hall–Kier alpha value is -0.160. The van der Waals surface area contributed by atoms with Gasteiger partial charge in [0.25, 0.3) is 0 Å². The zero-order valence-electron chi connectivity index (χ0n) is 14.1. The average molecular weight is 299 g/mol. The Kier molecular flexibility index (Phi) is 5.35. The van der Waals surface area contributed by atoms with Crippen molar-refractivity contribution in [2.75, 3.05) is 0 Å². The second kappa shape index (κ2) is 6.53. The van der Waals surface area contributed by atoms with E-state index < -0.39 is 11.9 Å². The minimum absolute atomic E-state index is 0.111. The standard InChI is InChI=1S/C17H33NO3/c1-16(2)15(20-17(3,4)21-16)11-14(19)13(18)10-12-8-6-5-7-9-12/h12-15,19H,5-11,18H2,1-4H3/t13?,14?,15-/m0/s1. The van der Waals surface area contributed by atoms with Crippen LogP contribution in [0.2, 0.25) is 0 Å². The van der Waals surface area contributed by atoms with Gasteiger partial charge in [-0.2, -0.15) is 0 Å². The Bertz CT molecular complexity index is 337. The van der Waals surface area contributed by atoms with Gasteiger partial charge in [-0.15, -0.1) is 0 Å². The van der Waals surface area contributed by atoms with Crippen LogP contribution in [0.3, 0.4) is 0 Å². The average Bonchev–Trinajstić information content (AvgIpc) is 2.58. The molecule has 1 saturated carbocycles. The van der Waals surface area contributed by atoms with E-state index in [4.69, 9.17) is 15.2 Å². The Labute approximate surface area is 129 Å². The van der Waals surface area contributed by atoms with Crippen molar-refractivity contribution >= 4 is 0 Å². The predicted molar refractivity (Wildman–Crippen MR) is 83.9 cm³/mol. The minimum atomic E-state index is -0.582. The van der Waals surface area contributed by atoms with Crippen molar-refractivity contribution in [1.82, 2.24) is 0 Å². The minimum Gasteiger partial charge on any atom is -0.391 e. The highest BCUT2D eigenvalue weighted by Crippen LogP contribution is 2.38. The smallest absolute Gasteiger partial charge is 0.164 e. The summed E-state index contributed by atoms with van der Waals surface area (Å²) in [6.45, 7) is 7.88. The first-order valence-electron chi connectivity index (χ1n) is 8.51. The highest BCUT2D eigenvalue weighted by Gasteiger charge is 2.47. The lowest BCUT2D eigenvalue weighted by atomic mass is 9.83. The molecule has 3 atom stereocenters. The Morgan fingerprint density at radius 2 is 1.71 bits per heavy atom. The lowest BCUT2D eigenvalue weighted by Crippen LogP contribution is -2.43. The summed E-state index contributed by atoms with van der Waals surface area (Å²) in [5.74, 6) is 0.107. The predicted octanol–water partition coefficient (Wildman–Crippen LogP) is 2.97. The largest absolute Gasteiger partial charge is 0.391 e. The summed E-state index contributed by atoms with van der Waals surface area (Å²) in [5.41, 5.74) is 5.86. The topological polar surface area (TPSA) is 64.7 Å². The van der Waals surface area contributed by atoms with Crippen LogP contribution in [-0.4, -0.2) is 34.7 Å². The van der Waals surface area contributed by atoms with Crippen LogP contribution >= 0.6 is 0 Å². The third-order valence-electron chi connectivity index (χ3n) is 4.99. The maximum Gasteiger partial charge on any atom is 0.164 e. The fourth-order valence-electron chi connectivity index (χ4n) is 3.90. The van der Waals surface area contributed by atoms with Gasteiger partial charge in [-0.25, -0.2) is 0 Å². The number of nitrogens with two attached hydrogens (primary N) is 1. The molecule has 0 aromatic heterocycles. The molecule has 3 N–H and O–H groups in total. The molecule has 0 spiro atoms. The van der Waals surface area contributed by atoms with E-state index in [1.54, 1.807) is 0 Å². The van der Waals surface area contributed by atoms with Crippen LogP contribution in [0.1, 0.15) is 72.6 Å². The molecule has 0 amide bonds. The lowest BCUT2D eigenvalue weighted by Gasteiger charge is -2.30. The molecule has 21 heavy (non-hydrogen) atoms. The molecule has 124 valence electrons. The van der Waals surface area contributed by atoms with Gasteiger partial charge in [-0.3, -0.25) is 0 Å². The normalized spacial score (nSPS) is 32.0. The van der Waals surface area contributed by atoms with Gasteiger partial charge in [0, 0.05) is 12.5 Å². The highest BCUT2D eigenvalue weighted by molar-refractivity contribution is 4.92. The zero-order valence-corrected chi connectivity index (χ0v) is 14.1. The van der Waals surface area contributed by atoms with E-state index in [1.165, 1.54) is 32.1 Å². The van der Waals surface area contributed by atoms with Crippen LogP contribution in [0, 0.1) is 5.92 Å². The van der Waals surface area contributed by atoms with Crippen LogP contribution in [0.25, 0.3) is 0 Å². The van der Waals surface area contributed by atoms with Crippen LogP contribution in [0.15, 0.2) is 0 Å². The Balaban J connectivity index is 1.84. The van der Waals surface area contributed by atoms with Gasteiger partial charge >= 0.3 is 0 Å². The van der Waals surface area contributed by atoms with Crippen molar-refractivity contribution in [3.63, 3.8) is 0 Å². The molecule has 1 heterocycles. The molecule has 1 aliphatic heterocycles. The Morgan fingerprint density at radius 1 is 1.10 bits per heavy atom. The van der Waals surface area contributed by atoms with Crippen molar-refractivity contribution in [3.8, 4) is 0 Å². The van der Waals surface area contributed by atoms with Crippen molar-refractivity contribution in [3.05, 3.63) is 0 Å². The molecule has 0 bridgehead atoms. The number of aliphatic hydroxyl groups excluding tert-OH is 1. The summed E-state index contributed by atoms with van der Waals surface area (Å²) < 4.78 is 11.8. The zero-order chi connectivity index (χ0) is 15.7. The summed E-state index contributed by atoms with van der Waals surface area (Å²) in [4.78, 5) is 0. The van der Waals surface area contributed by atoms with Gasteiger partial charge in [0.05, 0.1) is 17.8 Å². The summed E-state index contributed by atoms with van der Waals surface area (Å²) in [7, 11) is 0. The van der Waals surface area contributed by atoms with Gasteiger partial charge in [-0.1, -0.05) is 32.1 Å². The van der Waals surface area contributed by atoms with Gasteiger partial charge in [0.2, 0.25) is 0 Å². The van der Waals surface area contributed by atoms with Crippen molar-refractivity contribution in [2.24, 2.45) is 11.7 Å². The molecule has 1 saturated heterocycles.